The first kappa shape index (κ1) is 16.8. The van der Waals surface area contributed by atoms with Crippen LogP contribution in [0.15, 0.2) is 67.0 Å². The molecular weight excluding hydrogens is 338 g/mol. The van der Waals surface area contributed by atoms with E-state index in [2.05, 4.69) is 15.6 Å². The maximum absolute atomic E-state index is 12.1. The van der Waals surface area contributed by atoms with E-state index in [0.717, 1.165) is 11.4 Å². The fourth-order valence-electron chi connectivity index (χ4n) is 2.25. The molecule has 2 aromatic carbocycles. The molecule has 0 saturated heterocycles. The SMILES string of the molecule is COc1ccc(Nc2ccc(NC(=O)c3cccnc3)cc2)cc1Cl. The summed E-state index contributed by atoms with van der Waals surface area (Å²) in [6.07, 6.45) is 3.15. The Hall–Kier alpha value is -3.05. The van der Waals surface area contributed by atoms with E-state index in [0.29, 0.717) is 22.0 Å². The number of benzene rings is 2. The Kier molecular flexibility index (Phi) is 5.16. The Bertz CT molecular complexity index is 868. The van der Waals surface area contributed by atoms with Gasteiger partial charge in [0.15, 0.2) is 0 Å². The van der Waals surface area contributed by atoms with Gasteiger partial charge in [-0.05, 0) is 54.6 Å². The molecule has 1 heterocycles. The first-order valence-electron chi connectivity index (χ1n) is 7.58. The maximum Gasteiger partial charge on any atom is 0.257 e. The van der Waals surface area contributed by atoms with Crippen molar-refractivity contribution in [1.29, 1.82) is 0 Å². The topological polar surface area (TPSA) is 63.2 Å². The van der Waals surface area contributed by atoms with Crippen LogP contribution in [0.2, 0.25) is 5.02 Å². The van der Waals surface area contributed by atoms with Crippen LogP contribution in [-0.4, -0.2) is 18.0 Å². The predicted molar refractivity (Wildman–Crippen MR) is 99.9 cm³/mol. The molecule has 2 N–H and O–H groups in total. The van der Waals surface area contributed by atoms with Gasteiger partial charge in [0.2, 0.25) is 0 Å². The van der Waals surface area contributed by atoms with E-state index in [1.54, 1.807) is 37.6 Å². The molecule has 126 valence electrons. The molecule has 0 bridgehead atoms. The third kappa shape index (κ3) is 4.28. The highest BCUT2D eigenvalue weighted by atomic mass is 35.5. The highest BCUT2D eigenvalue weighted by molar-refractivity contribution is 6.32. The quantitative estimate of drug-likeness (QED) is 0.695. The molecule has 6 heteroatoms. The standard InChI is InChI=1S/C19H16ClN3O2/c1-25-18-9-8-16(11-17(18)20)22-14-4-6-15(7-5-14)23-19(24)13-3-2-10-21-12-13/h2-12,22H,1H3,(H,23,24). The third-order valence-electron chi connectivity index (χ3n) is 3.51. The third-order valence-corrected chi connectivity index (χ3v) is 3.80. The zero-order valence-electron chi connectivity index (χ0n) is 13.5. The number of amides is 1. The number of ether oxygens (including phenoxy) is 1. The van der Waals surface area contributed by atoms with E-state index in [4.69, 9.17) is 16.3 Å². The van der Waals surface area contributed by atoms with Crippen LogP contribution < -0.4 is 15.4 Å². The lowest BCUT2D eigenvalue weighted by atomic mass is 10.2. The van der Waals surface area contributed by atoms with E-state index in [1.807, 2.05) is 30.3 Å². The van der Waals surface area contributed by atoms with Crippen LogP contribution in [0.4, 0.5) is 17.1 Å². The lowest BCUT2D eigenvalue weighted by Gasteiger charge is -2.10. The van der Waals surface area contributed by atoms with Gasteiger partial charge in [-0.3, -0.25) is 9.78 Å². The molecule has 0 aliphatic heterocycles. The molecule has 0 aliphatic carbocycles. The fraction of sp³-hybridized carbons (Fsp3) is 0.0526. The van der Waals surface area contributed by atoms with E-state index < -0.39 is 0 Å². The van der Waals surface area contributed by atoms with E-state index in [1.165, 1.54) is 6.20 Å². The van der Waals surface area contributed by atoms with Crippen LogP contribution in [0, 0.1) is 0 Å². The first-order chi connectivity index (χ1) is 12.2. The number of anilines is 3. The molecule has 3 aromatic rings. The van der Waals surface area contributed by atoms with Crippen molar-refractivity contribution in [3.05, 3.63) is 77.6 Å². The second-order valence-electron chi connectivity index (χ2n) is 5.25. The Labute approximate surface area is 150 Å². The number of methoxy groups -OCH3 is 1. The van der Waals surface area contributed by atoms with Gasteiger partial charge in [0, 0.05) is 29.5 Å². The van der Waals surface area contributed by atoms with Gasteiger partial charge in [0.05, 0.1) is 17.7 Å². The van der Waals surface area contributed by atoms with E-state index >= 15 is 0 Å². The number of hydrogen-bond acceptors (Lipinski definition) is 4. The smallest absolute Gasteiger partial charge is 0.257 e. The van der Waals surface area contributed by atoms with Crippen LogP contribution in [0.1, 0.15) is 10.4 Å². The van der Waals surface area contributed by atoms with Crippen molar-refractivity contribution in [2.75, 3.05) is 17.7 Å². The number of carbonyl (C=O) groups excluding carboxylic acids is 1. The Morgan fingerprint density at radius 3 is 2.40 bits per heavy atom. The highest BCUT2D eigenvalue weighted by Crippen LogP contribution is 2.29. The van der Waals surface area contributed by atoms with Gasteiger partial charge in [-0.1, -0.05) is 11.6 Å². The Morgan fingerprint density at radius 2 is 1.76 bits per heavy atom. The summed E-state index contributed by atoms with van der Waals surface area (Å²) in [5.74, 6) is 0.427. The molecule has 1 aromatic heterocycles. The molecule has 0 fully saturated rings. The lowest BCUT2D eigenvalue weighted by molar-refractivity contribution is 0.102. The molecule has 3 rings (SSSR count). The number of halogens is 1. The number of carbonyl (C=O) groups is 1. The second-order valence-corrected chi connectivity index (χ2v) is 5.65. The predicted octanol–water partition coefficient (Wildman–Crippen LogP) is 4.74. The van der Waals surface area contributed by atoms with Crippen molar-refractivity contribution >= 4 is 34.6 Å². The van der Waals surface area contributed by atoms with E-state index in [-0.39, 0.29) is 5.91 Å². The summed E-state index contributed by atoms with van der Waals surface area (Å²) in [7, 11) is 1.58. The molecule has 0 atom stereocenters. The van der Waals surface area contributed by atoms with Gasteiger partial charge >= 0.3 is 0 Å². The number of nitrogens with zero attached hydrogens (tertiary/aromatic N) is 1. The number of hydrogen-bond donors (Lipinski definition) is 2. The molecule has 0 unspecified atom stereocenters. The van der Waals surface area contributed by atoms with Crippen molar-refractivity contribution in [2.24, 2.45) is 0 Å². The molecule has 0 aliphatic rings. The minimum absolute atomic E-state index is 0.198. The van der Waals surface area contributed by atoms with E-state index in [9.17, 15) is 4.79 Å². The molecule has 1 amide bonds. The Balaban J connectivity index is 1.66. The zero-order chi connectivity index (χ0) is 17.6. The molecule has 0 radical (unpaired) electrons. The van der Waals surface area contributed by atoms with Gasteiger partial charge < -0.3 is 15.4 Å². The summed E-state index contributed by atoms with van der Waals surface area (Å²) in [4.78, 5) is 16.0. The summed E-state index contributed by atoms with van der Waals surface area (Å²) < 4.78 is 5.13. The van der Waals surface area contributed by atoms with Crippen LogP contribution in [0.5, 0.6) is 5.75 Å². The minimum atomic E-state index is -0.198. The minimum Gasteiger partial charge on any atom is -0.495 e. The van der Waals surface area contributed by atoms with Gasteiger partial charge in [0.1, 0.15) is 5.75 Å². The molecule has 0 spiro atoms. The average Bonchev–Trinajstić information content (AvgIpc) is 2.64. The van der Waals surface area contributed by atoms with Crippen molar-refractivity contribution in [3.8, 4) is 5.75 Å². The summed E-state index contributed by atoms with van der Waals surface area (Å²) in [6, 6.07) is 16.3. The highest BCUT2D eigenvalue weighted by Gasteiger charge is 2.06. The monoisotopic (exact) mass is 353 g/mol. The fourth-order valence-corrected chi connectivity index (χ4v) is 2.51. The number of rotatable bonds is 5. The number of pyridine rings is 1. The van der Waals surface area contributed by atoms with Crippen LogP contribution in [0.25, 0.3) is 0 Å². The van der Waals surface area contributed by atoms with Crippen molar-refractivity contribution in [3.63, 3.8) is 0 Å². The van der Waals surface area contributed by atoms with Gasteiger partial charge in [-0.25, -0.2) is 0 Å². The molecular formula is C19H16ClN3O2. The summed E-state index contributed by atoms with van der Waals surface area (Å²) in [6.45, 7) is 0. The molecule has 5 nitrogen and oxygen atoms in total. The van der Waals surface area contributed by atoms with Crippen molar-refractivity contribution < 1.29 is 9.53 Å². The normalized spacial score (nSPS) is 10.2. The number of nitrogens with one attached hydrogen (secondary N) is 2. The van der Waals surface area contributed by atoms with Gasteiger partial charge in [-0.15, -0.1) is 0 Å². The van der Waals surface area contributed by atoms with Crippen molar-refractivity contribution in [2.45, 2.75) is 0 Å². The molecule has 0 saturated carbocycles. The summed E-state index contributed by atoms with van der Waals surface area (Å²) in [5.41, 5.74) is 2.93. The zero-order valence-corrected chi connectivity index (χ0v) is 14.2. The Morgan fingerprint density at radius 1 is 1.04 bits per heavy atom. The van der Waals surface area contributed by atoms with Crippen LogP contribution in [0.3, 0.4) is 0 Å². The van der Waals surface area contributed by atoms with Crippen LogP contribution >= 0.6 is 11.6 Å². The lowest BCUT2D eigenvalue weighted by Crippen LogP contribution is -2.11. The first-order valence-corrected chi connectivity index (χ1v) is 7.95. The van der Waals surface area contributed by atoms with Crippen LogP contribution in [-0.2, 0) is 0 Å². The molecule has 25 heavy (non-hydrogen) atoms. The summed E-state index contributed by atoms with van der Waals surface area (Å²) >= 11 is 6.12. The maximum atomic E-state index is 12.1. The van der Waals surface area contributed by atoms with Gasteiger partial charge in [-0.2, -0.15) is 0 Å². The van der Waals surface area contributed by atoms with Gasteiger partial charge in [0.25, 0.3) is 5.91 Å². The average molecular weight is 354 g/mol. The second kappa shape index (κ2) is 7.68. The van der Waals surface area contributed by atoms with Crippen molar-refractivity contribution in [1.82, 2.24) is 4.98 Å². The summed E-state index contributed by atoms with van der Waals surface area (Å²) in [5, 5.41) is 6.61. The largest absolute Gasteiger partial charge is 0.495 e. The number of aromatic nitrogens is 1.